The summed E-state index contributed by atoms with van der Waals surface area (Å²) in [5.74, 6) is -1.08. The first-order chi connectivity index (χ1) is 9.56. The zero-order valence-corrected chi connectivity index (χ0v) is 12.2. The maximum atomic E-state index is 11.7. The average molecular weight is 297 g/mol. The molecule has 6 nitrogen and oxygen atoms in total. The highest BCUT2D eigenvalue weighted by atomic mass is 32.1. The van der Waals surface area contributed by atoms with Gasteiger partial charge >= 0.3 is 12.0 Å². The van der Waals surface area contributed by atoms with E-state index in [4.69, 9.17) is 0 Å². The van der Waals surface area contributed by atoms with Crippen molar-refractivity contribution in [2.24, 2.45) is 11.8 Å². The minimum absolute atomic E-state index is 0.0185. The van der Waals surface area contributed by atoms with Gasteiger partial charge in [0.05, 0.1) is 11.6 Å². The van der Waals surface area contributed by atoms with Crippen LogP contribution in [-0.4, -0.2) is 28.6 Å². The first-order valence-electron chi connectivity index (χ1n) is 6.76. The van der Waals surface area contributed by atoms with Gasteiger partial charge in [0.2, 0.25) is 0 Å². The number of urea groups is 1. The Morgan fingerprint density at radius 2 is 2.20 bits per heavy atom. The number of thiazole rings is 1. The van der Waals surface area contributed by atoms with Gasteiger partial charge < -0.3 is 10.4 Å². The first-order valence-corrected chi connectivity index (χ1v) is 7.64. The lowest BCUT2D eigenvalue weighted by molar-refractivity contribution is -0.144. The number of nitrogens with zero attached hydrogens (tertiary/aromatic N) is 1. The fraction of sp³-hybridized carbons (Fsp3) is 0.615. The highest BCUT2D eigenvalue weighted by molar-refractivity contribution is 7.13. The second-order valence-electron chi connectivity index (χ2n) is 5.12. The quantitative estimate of drug-likeness (QED) is 0.796. The number of hydrogen-bond acceptors (Lipinski definition) is 4. The maximum Gasteiger partial charge on any atom is 0.321 e. The van der Waals surface area contributed by atoms with Crippen LogP contribution >= 0.6 is 11.3 Å². The van der Waals surface area contributed by atoms with Crippen LogP contribution in [0.5, 0.6) is 0 Å². The van der Waals surface area contributed by atoms with Crippen molar-refractivity contribution < 1.29 is 14.7 Å². The van der Waals surface area contributed by atoms with Crippen LogP contribution in [0.4, 0.5) is 9.93 Å². The molecule has 2 atom stereocenters. The van der Waals surface area contributed by atoms with E-state index in [2.05, 4.69) is 15.6 Å². The SMILES string of the molecule is Cc1csc(NC(=O)NCC2CCCCC2C(=O)O)n1. The molecule has 2 rings (SSSR count). The van der Waals surface area contributed by atoms with Crippen molar-refractivity contribution in [1.29, 1.82) is 0 Å². The number of rotatable bonds is 4. The van der Waals surface area contributed by atoms with E-state index in [9.17, 15) is 14.7 Å². The lowest BCUT2D eigenvalue weighted by atomic mass is 9.79. The molecule has 2 amide bonds. The summed E-state index contributed by atoms with van der Waals surface area (Å²) in [6.45, 7) is 2.26. The number of carbonyl (C=O) groups excluding carboxylic acids is 1. The molecule has 0 aliphatic heterocycles. The number of hydrogen-bond donors (Lipinski definition) is 3. The van der Waals surface area contributed by atoms with Crippen LogP contribution in [0.25, 0.3) is 0 Å². The van der Waals surface area contributed by atoms with Crippen molar-refractivity contribution >= 4 is 28.5 Å². The van der Waals surface area contributed by atoms with E-state index in [0.29, 0.717) is 18.1 Å². The predicted octanol–water partition coefficient (Wildman–Crippen LogP) is 2.46. The molecule has 2 unspecified atom stereocenters. The molecule has 7 heteroatoms. The molecule has 1 saturated carbocycles. The smallest absolute Gasteiger partial charge is 0.321 e. The van der Waals surface area contributed by atoms with Gasteiger partial charge in [-0.1, -0.05) is 12.8 Å². The van der Waals surface area contributed by atoms with Gasteiger partial charge in [-0.3, -0.25) is 10.1 Å². The monoisotopic (exact) mass is 297 g/mol. The van der Waals surface area contributed by atoms with Gasteiger partial charge in [-0.2, -0.15) is 0 Å². The molecule has 1 aromatic rings. The Labute approximate surface area is 121 Å². The van der Waals surface area contributed by atoms with Gasteiger partial charge in [0.1, 0.15) is 0 Å². The lowest BCUT2D eigenvalue weighted by Crippen LogP contribution is -2.38. The minimum atomic E-state index is -0.757. The van der Waals surface area contributed by atoms with Crippen molar-refractivity contribution in [1.82, 2.24) is 10.3 Å². The number of nitrogens with one attached hydrogen (secondary N) is 2. The molecule has 20 heavy (non-hydrogen) atoms. The highest BCUT2D eigenvalue weighted by Gasteiger charge is 2.30. The van der Waals surface area contributed by atoms with Gasteiger partial charge in [0, 0.05) is 11.9 Å². The number of aromatic nitrogens is 1. The van der Waals surface area contributed by atoms with E-state index in [1.165, 1.54) is 11.3 Å². The van der Waals surface area contributed by atoms with Crippen LogP contribution in [0.2, 0.25) is 0 Å². The third-order valence-corrected chi connectivity index (χ3v) is 4.47. The Hall–Kier alpha value is -1.63. The Kier molecular flexibility index (Phi) is 4.94. The second-order valence-corrected chi connectivity index (χ2v) is 5.98. The van der Waals surface area contributed by atoms with E-state index in [1.807, 2.05) is 12.3 Å². The maximum absolute atomic E-state index is 11.7. The Bertz CT molecular complexity index is 489. The molecular weight excluding hydrogens is 278 g/mol. The van der Waals surface area contributed by atoms with Crippen LogP contribution in [0.15, 0.2) is 5.38 Å². The lowest BCUT2D eigenvalue weighted by Gasteiger charge is -2.28. The zero-order chi connectivity index (χ0) is 14.5. The molecule has 1 fully saturated rings. The normalized spacial score (nSPS) is 22.2. The second kappa shape index (κ2) is 6.69. The van der Waals surface area contributed by atoms with E-state index in [0.717, 1.165) is 25.0 Å². The molecular formula is C13H19N3O3S. The molecule has 1 aromatic heterocycles. The topological polar surface area (TPSA) is 91.3 Å². The largest absolute Gasteiger partial charge is 0.481 e. The summed E-state index contributed by atoms with van der Waals surface area (Å²) >= 11 is 1.37. The van der Waals surface area contributed by atoms with Crippen molar-refractivity contribution in [3.63, 3.8) is 0 Å². The third kappa shape index (κ3) is 3.93. The fourth-order valence-electron chi connectivity index (χ4n) is 2.55. The van der Waals surface area contributed by atoms with Gasteiger partial charge in [-0.15, -0.1) is 11.3 Å². The number of carbonyl (C=O) groups is 2. The number of carboxylic acid groups (broad SMARTS) is 1. The van der Waals surface area contributed by atoms with E-state index >= 15 is 0 Å². The van der Waals surface area contributed by atoms with Gasteiger partial charge in [0.15, 0.2) is 5.13 Å². The summed E-state index contributed by atoms with van der Waals surface area (Å²) in [5.41, 5.74) is 0.864. The fourth-order valence-corrected chi connectivity index (χ4v) is 3.24. The molecule has 0 spiro atoms. The van der Waals surface area contributed by atoms with Gasteiger partial charge in [0.25, 0.3) is 0 Å². The van der Waals surface area contributed by atoms with Crippen molar-refractivity contribution in [3.8, 4) is 0 Å². The molecule has 3 N–H and O–H groups in total. The number of amides is 2. The summed E-state index contributed by atoms with van der Waals surface area (Å²) < 4.78 is 0. The summed E-state index contributed by atoms with van der Waals surface area (Å²) in [6.07, 6.45) is 3.55. The average Bonchev–Trinajstić information content (AvgIpc) is 2.82. The minimum Gasteiger partial charge on any atom is -0.481 e. The molecule has 1 aliphatic carbocycles. The van der Waals surface area contributed by atoms with Gasteiger partial charge in [-0.05, 0) is 25.7 Å². The van der Waals surface area contributed by atoms with E-state index in [-0.39, 0.29) is 17.9 Å². The third-order valence-electron chi connectivity index (χ3n) is 3.59. The molecule has 1 heterocycles. The molecule has 0 aromatic carbocycles. The number of anilines is 1. The van der Waals surface area contributed by atoms with Crippen molar-refractivity contribution in [2.75, 3.05) is 11.9 Å². The summed E-state index contributed by atoms with van der Waals surface area (Å²) in [6, 6.07) is -0.325. The molecule has 110 valence electrons. The Morgan fingerprint density at radius 3 is 2.85 bits per heavy atom. The number of carboxylic acids is 1. The van der Waals surface area contributed by atoms with Crippen molar-refractivity contribution in [2.45, 2.75) is 32.6 Å². The zero-order valence-electron chi connectivity index (χ0n) is 11.4. The highest BCUT2D eigenvalue weighted by Crippen LogP contribution is 2.29. The van der Waals surface area contributed by atoms with E-state index < -0.39 is 5.97 Å². The standard InChI is InChI=1S/C13H19N3O3S/c1-8-7-20-13(15-8)16-12(19)14-6-9-4-2-3-5-10(9)11(17)18/h7,9-10H,2-6H2,1H3,(H,17,18)(H2,14,15,16,19). The Balaban J connectivity index is 1.81. The summed E-state index contributed by atoms with van der Waals surface area (Å²) in [7, 11) is 0. The first kappa shape index (κ1) is 14.8. The molecule has 0 saturated heterocycles. The van der Waals surface area contributed by atoms with Crippen LogP contribution in [-0.2, 0) is 4.79 Å². The molecule has 0 radical (unpaired) electrons. The predicted molar refractivity (Wildman–Crippen MR) is 77.0 cm³/mol. The van der Waals surface area contributed by atoms with Crippen LogP contribution < -0.4 is 10.6 Å². The van der Waals surface area contributed by atoms with Crippen molar-refractivity contribution in [3.05, 3.63) is 11.1 Å². The van der Waals surface area contributed by atoms with Gasteiger partial charge in [-0.25, -0.2) is 9.78 Å². The summed E-state index contributed by atoms with van der Waals surface area (Å²) in [5, 5.41) is 17.0. The van der Waals surface area contributed by atoms with Crippen LogP contribution in [0, 0.1) is 18.8 Å². The van der Waals surface area contributed by atoms with Crippen LogP contribution in [0.1, 0.15) is 31.4 Å². The number of aryl methyl sites for hydroxylation is 1. The van der Waals surface area contributed by atoms with E-state index in [1.54, 1.807) is 0 Å². The number of aliphatic carboxylic acids is 1. The summed E-state index contributed by atoms with van der Waals surface area (Å²) in [4.78, 5) is 27.0. The molecule has 1 aliphatic rings. The van der Waals surface area contributed by atoms with Crippen LogP contribution in [0.3, 0.4) is 0 Å². The Morgan fingerprint density at radius 1 is 1.45 bits per heavy atom. The molecule has 0 bridgehead atoms.